The van der Waals surface area contributed by atoms with Gasteiger partial charge in [0.05, 0.1) is 21.5 Å². The molecule has 0 saturated heterocycles. The van der Waals surface area contributed by atoms with Gasteiger partial charge in [-0.2, -0.15) is 4.31 Å². The van der Waals surface area contributed by atoms with Gasteiger partial charge in [-0.3, -0.25) is 9.59 Å². The van der Waals surface area contributed by atoms with Crippen molar-refractivity contribution < 1.29 is 18.0 Å². The predicted octanol–water partition coefficient (Wildman–Crippen LogP) is 5.09. The lowest BCUT2D eigenvalue weighted by molar-refractivity contribution is -0.141. The molecule has 0 heterocycles. The number of hydrogen-bond donors (Lipinski definition) is 1. The highest BCUT2D eigenvalue weighted by Gasteiger charge is 2.33. The van der Waals surface area contributed by atoms with Gasteiger partial charge in [0.1, 0.15) is 6.04 Å². The Morgan fingerprint density at radius 2 is 1.59 bits per heavy atom. The lowest BCUT2D eigenvalue weighted by Gasteiger charge is -2.32. The molecule has 3 aromatic carbocycles. The van der Waals surface area contributed by atoms with Gasteiger partial charge < -0.3 is 10.2 Å². The Hall–Kier alpha value is -2.91. The molecular weight excluding hydrogens is 557 g/mol. The lowest BCUT2D eigenvalue weighted by Crippen LogP contribution is -2.53. The fourth-order valence-electron chi connectivity index (χ4n) is 4.01. The van der Waals surface area contributed by atoms with E-state index in [2.05, 4.69) is 5.32 Å². The number of nitrogens with one attached hydrogen (secondary N) is 1. The first kappa shape index (κ1) is 30.6. The summed E-state index contributed by atoms with van der Waals surface area (Å²) in [5.74, 6) is -0.843. The van der Waals surface area contributed by atoms with Crippen molar-refractivity contribution in [1.82, 2.24) is 14.5 Å². The highest BCUT2D eigenvalue weighted by atomic mass is 35.5. The molecule has 7 nitrogen and oxygen atoms in total. The summed E-state index contributed by atoms with van der Waals surface area (Å²) >= 11 is 12.3. The molecule has 1 unspecified atom stereocenters. The number of benzene rings is 3. The molecule has 0 aliphatic heterocycles. The molecule has 1 atom stereocenters. The van der Waals surface area contributed by atoms with Gasteiger partial charge in [0.25, 0.3) is 0 Å². The SMILES string of the molecule is CCCNC(=O)C(Cc1ccccc1)N(Cc1ccc(Cl)c(Cl)c1)C(=O)CN(C)S(=O)(=O)c1ccc(C)cc1. The van der Waals surface area contributed by atoms with Crippen LogP contribution in [0.15, 0.2) is 77.7 Å². The molecule has 1 N–H and O–H groups in total. The van der Waals surface area contributed by atoms with Crippen LogP contribution in [0.3, 0.4) is 0 Å². The molecule has 0 saturated carbocycles. The Balaban J connectivity index is 1.98. The maximum atomic E-state index is 13.8. The van der Waals surface area contributed by atoms with E-state index in [0.29, 0.717) is 22.2 Å². The molecule has 0 fully saturated rings. The molecule has 0 spiro atoms. The quantitative estimate of drug-likeness (QED) is 0.319. The minimum absolute atomic E-state index is 0.0329. The second-order valence-electron chi connectivity index (χ2n) is 9.34. The van der Waals surface area contributed by atoms with Crippen molar-refractivity contribution in [2.45, 2.75) is 44.2 Å². The Morgan fingerprint density at radius 3 is 2.21 bits per heavy atom. The van der Waals surface area contributed by atoms with Gasteiger partial charge in [0.15, 0.2) is 0 Å². The second kappa shape index (κ2) is 13.9. The zero-order valence-corrected chi connectivity index (χ0v) is 24.6. The smallest absolute Gasteiger partial charge is 0.243 e. The zero-order valence-electron chi connectivity index (χ0n) is 22.2. The number of likely N-dealkylation sites (N-methyl/N-ethyl adjacent to an activating group) is 1. The largest absolute Gasteiger partial charge is 0.354 e. The van der Waals surface area contributed by atoms with Crippen LogP contribution in [0.1, 0.15) is 30.0 Å². The first-order chi connectivity index (χ1) is 18.5. The number of carbonyl (C=O) groups excluding carboxylic acids is 2. The van der Waals surface area contributed by atoms with E-state index in [-0.39, 0.29) is 23.8 Å². The summed E-state index contributed by atoms with van der Waals surface area (Å²) in [5, 5.41) is 3.58. The van der Waals surface area contributed by atoms with Crippen molar-refractivity contribution in [2.24, 2.45) is 0 Å². The van der Waals surface area contributed by atoms with Crippen LogP contribution in [0.25, 0.3) is 0 Å². The van der Waals surface area contributed by atoms with E-state index in [0.717, 1.165) is 21.9 Å². The van der Waals surface area contributed by atoms with Crippen LogP contribution >= 0.6 is 23.2 Å². The van der Waals surface area contributed by atoms with Crippen molar-refractivity contribution in [1.29, 1.82) is 0 Å². The Morgan fingerprint density at radius 1 is 0.923 bits per heavy atom. The third-order valence-corrected chi connectivity index (χ3v) is 8.80. The summed E-state index contributed by atoms with van der Waals surface area (Å²) in [4.78, 5) is 28.7. The molecule has 0 aromatic heterocycles. The summed E-state index contributed by atoms with van der Waals surface area (Å²) in [6, 6.07) is 19.9. The highest BCUT2D eigenvalue weighted by Crippen LogP contribution is 2.25. The minimum Gasteiger partial charge on any atom is -0.354 e. The third-order valence-electron chi connectivity index (χ3n) is 6.24. The van der Waals surface area contributed by atoms with Crippen LogP contribution in [0, 0.1) is 6.92 Å². The molecular formula is C29H33Cl2N3O4S. The molecule has 0 radical (unpaired) electrons. The van der Waals surface area contributed by atoms with Gasteiger partial charge >= 0.3 is 0 Å². The normalized spacial score (nSPS) is 12.3. The summed E-state index contributed by atoms with van der Waals surface area (Å²) in [6.45, 7) is 3.83. The Kier molecular flexibility index (Phi) is 10.9. The summed E-state index contributed by atoms with van der Waals surface area (Å²) < 4.78 is 27.4. The van der Waals surface area contributed by atoms with Crippen LogP contribution in [-0.4, -0.2) is 55.6 Å². The number of nitrogens with zero attached hydrogens (tertiary/aromatic N) is 2. The molecule has 0 aliphatic carbocycles. The number of halogens is 2. The molecule has 3 rings (SSSR count). The second-order valence-corrected chi connectivity index (χ2v) is 12.2. The van der Waals surface area contributed by atoms with Crippen LogP contribution in [0.2, 0.25) is 10.0 Å². The number of hydrogen-bond acceptors (Lipinski definition) is 4. The lowest BCUT2D eigenvalue weighted by atomic mass is 10.0. The van der Waals surface area contributed by atoms with E-state index in [9.17, 15) is 18.0 Å². The van der Waals surface area contributed by atoms with Crippen LogP contribution in [-0.2, 0) is 32.6 Å². The van der Waals surface area contributed by atoms with E-state index >= 15 is 0 Å². The average Bonchev–Trinajstić information content (AvgIpc) is 2.91. The topological polar surface area (TPSA) is 86.8 Å². The summed E-state index contributed by atoms with van der Waals surface area (Å²) in [5.41, 5.74) is 2.44. The molecule has 3 aromatic rings. The van der Waals surface area contributed by atoms with Crippen LogP contribution in [0.4, 0.5) is 0 Å². The van der Waals surface area contributed by atoms with Crippen LogP contribution < -0.4 is 5.32 Å². The van der Waals surface area contributed by atoms with E-state index in [1.54, 1.807) is 30.3 Å². The maximum absolute atomic E-state index is 13.8. The van der Waals surface area contributed by atoms with Crippen molar-refractivity contribution in [3.8, 4) is 0 Å². The number of aryl methyl sites for hydroxylation is 1. The van der Waals surface area contributed by atoms with Gasteiger partial charge in [0.2, 0.25) is 21.8 Å². The van der Waals surface area contributed by atoms with E-state index in [4.69, 9.17) is 23.2 Å². The third kappa shape index (κ3) is 8.29. The Labute approximate surface area is 240 Å². The highest BCUT2D eigenvalue weighted by molar-refractivity contribution is 7.89. The summed E-state index contributed by atoms with van der Waals surface area (Å²) in [7, 11) is -2.59. The van der Waals surface area contributed by atoms with Gasteiger partial charge in [-0.05, 0) is 48.7 Å². The average molecular weight is 591 g/mol. The van der Waals surface area contributed by atoms with Crippen molar-refractivity contribution >= 4 is 45.0 Å². The number of carbonyl (C=O) groups is 2. The zero-order chi connectivity index (χ0) is 28.6. The number of amides is 2. The van der Waals surface area contributed by atoms with E-state index in [1.165, 1.54) is 24.1 Å². The predicted molar refractivity (Wildman–Crippen MR) is 155 cm³/mol. The fraction of sp³-hybridized carbons (Fsp3) is 0.310. The van der Waals surface area contributed by atoms with E-state index < -0.39 is 28.5 Å². The summed E-state index contributed by atoms with van der Waals surface area (Å²) in [6.07, 6.45) is 0.972. The van der Waals surface area contributed by atoms with Gasteiger partial charge in [0, 0.05) is 26.6 Å². The Bertz CT molecular complexity index is 1380. The fourth-order valence-corrected chi connectivity index (χ4v) is 5.45. The van der Waals surface area contributed by atoms with Crippen molar-refractivity contribution in [3.05, 3.63) is 99.5 Å². The molecule has 10 heteroatoms. The number of sulfonamides is 1. The monoisotopic (exact) mass is 589 g/mol. The van der Waals surface area contributed by atoms with E-state index in [1.807, 2.05) is 44.2 Å². The van der Waals surface area contributed by atoms with Crippen LogP contribution in [0.5, 0.6) is 0 Å². The first-order valence-corrected chi connectivity index (χ1v) is 14.8. The molecule has 0 bridgehead atoms. The number of rotatable bonds is 12. The molecule has 208 valence electrons. The van der Waals surface area contributed by atoms with Gasteiger partial charge in [-0.1, -0.05) is 84.2 Å². The van der Waals surface area contributed by atoms with Crippen molar-refractivity contribution in [2.75, 3.05) is 20.1 Å². The van der Waals surface area contributed by atoms with Gasteiger partial charge in [-0.15, -0.1) is 0 Å². The molecule has 2 amide bonds. The van der Waals surface area contributed by atoms with Gasteiger partial charge in [-0.25, -0.2) is 8.42 Å². The maximum Gasteiger partial charge on any atom is 0.243 e. The molecule has 0 aliphatic rings. The standard InChI is InChI=1S/C29H33Cl2N3O4S/c1-4-16-32-29(36)27(18-22-8-6-5-7-9-22)34(19-23-12-15-25(30)26(31)17-23)28(35)20-33(3)39(37,38)24-13-10-21(2)11-14-24/h5-15,17,27H,4,16,18-20H2,1-3H3,(H,32,36). The van der Waals surface area contributed by atoms with Crippen molar-refractivity contribution in [3.63, 3.8) is 0 Å². The molecule has 39 heavy (non-hydrogen) atoms. The first-order valence-electron chi connectivity index (χ1n) is 12.6. The minimum atomic E-state index is -3.94.